The lowest BCUT2D eigenvalue weighted by molar-refractivity contribution is 0.0915. The quantitative estimate of drug-likeness (QED) is 0.724. The highest BCUT2D eigenvalue weighted by Crippen LogP contribution is 2.21. The van der Waals surface area contributed by atoms with Crippen molar-refractivity contribution in [1.29, 1.82) is 0 Å². The van der Waals surface area contributed by atoms with E-state index in [1.807, 2.05) is 66.9 Å². The van der Waals surface area contributed by atoms with E-state index in [1.54, 1.807) is 4.90 Å². The standard InChI is InChI=1S/C21H19N3O2/c25-21(26-15-16-7-3-1-4-8-16)24-12-11-19-18(14-24)13-22-20(23-19)17-9-5-2-6-10-17/h1-10,13H,11-12,14-15H2. The van der Waals surface area contributed by atoms with Crippen molar-refractivity contribution >= 4 is 6.09 Å². The molecule has 0 unspecified atom stereocenters. The number of rotatable bonds is 3. The van der Waals surface area contributed by atoms with E-state index in [-0.39, 0.29) is 12.7 Å². The van der Waals surface area contributed by atoms with Crippen LogP contribution in [0.5, 0.6) is 0 Å². The summed E-state index contributed by atoms with van der Waals surface area (Å²) in [5.41, 5.74) is 3.97. The third-order valence-electron chi connectivity index (χ3n) is 4.43. The van der Waals surface area contributed by atoms with Crippen LogP contribution in [0.25, 0.3) is 11.4 Å². The second kappa shape index (κ2) is 7.35. The lowest BCUT2D eigenvalue weighted by Crippen LogP contribution is -2.36. The lowest BCUT2D eigenvalue weighted by Gasteiger charge is -2.27. The summed E-state index contributed by atoms with van der Waals surface area (Å²) < 4.78 is 5.42. The molecule has 1 aliphatic heterocycles. The van der Waals surface area contributed by atoms with Crippen LogP contribution in [0.4, 0.5) is 4.79 Å². The molecule has 4 rings (SSSR count). The van der Waals surface area contributed by atoms with E-state index in [4.69, 9.17) is 4.74 Å². The van der Waals surface area contributed by atoms with Gasteiger partial charge in [0.25, 0.3) is 0 Å². The van der Waals surface area contributed by atoms with Crippen LogP contribution >= 0.6 is 0 Å². The largest absolute Gasteiger partial charge is 0.445 e. The summed E-state index contributed by atoms with van der Waals surface area (Å²) in [4.78, 5) is 23.2. The van der Waals surface area contributed by atoms with Crippen molar-refractivity contribution in [3.8, 4) is 11.4 Å². The fraction of sp³-hybridized carbons (Fsp3) is 0.190. The maximum absolute atomic E-state index is 12.3. The van der Waals surface area contributed by atoms with Gasteiger partial charge in [-0.3, -0.25) is 0 Å². The number of nitrogens with zero attached hydrogens (tertiary/aromatic N) is 3. The summed E-state index contributed by atoms with van der Waals surface area (Å²) in [6, 6.07) is 19.6. The Morgan fingerprint density at radius 3 is 2.54 bits per heavy atom. The Hall–Kier alpha value is -3.21. The number of hydrogen-bond acceptors (Lipinski definition) is 4. The Morgan fingerprint density at radius 2 is 1.77 bits per heavy atom. The van der Waals surface area contributed by atoms with Crippen molar-refractivity contribution in [1.82, 2.24) is 14.9 Å². The number of ether oxygens (including phenoxy) is 1. The first kappa shape index (κ1) is 16.3. The molecular formula is C21H19N3O2. The number of amides is 1. The average Bonchev–Trinajstić information content (AvgIpc) is 2.72. The normalized spacial score (nSPS) is 13.2. The van der Waals surface area contributed by atoms with Crippen molar-refractivity contribution in [2.24, 2.45) is 0 Å². The Labute approximate surface area is 152 Å². The van der Waals surface area contributed by atoms with E-state index in [0.29, 0.717) is 19.5 Å². The molecule has 0 fully saturated rings. The third-order valence-corrected chi connectivity index (χ3v) is 4.43. The molecule has 0 spiro atoms. The van der Waals surface area contributed by atoms with Gasteiger partial charge in [0.1, 0.15) is 6.61 Å². The van der Waals surface area contributed by atoms with Crippen LogP contribution in [0, 0.1) is 0 Å². The minimum Gasteiger partial charge on any atom is -0.445 e. The van der Waals surface area contributed by atoms with Crippen molar-refractivity contribution in [3.63, 3.8) is 0 Å². The van der Waals surface area contributed by atoms with Gasteiger partial charge in [-0.25, -0.2) is 14.8 Å². The predicted octanol–water partition coefficient (Wildman–Crippen LogP) is 3.84. The molecule has 0 aliphatic carbocycles. The Morgan fingerprint density at radius 1 is 1.04 bits per heavy atom. The van der Waals surface area contributed by atoms with Crippen LogP contribution in [-0.4, -0.2) is 27.5 Å². The van der Waals surface area contributed by atoms with Gasteiger partial charge in [0, 0.05) is 30.3 Å². The van der Waals surface area contributed by atoms with Crippen LogP contribution < -0.4 is 0 Å². The molecule has 0 N–H and O–H groups in total. The van der Waals surface area contributed by atoms with Crippen molar-refractivity contribution in [2.75, 3.05) is 6.54 Å². The van der Waals surface area contributed by atoms with Gasteiger partial charge in [-0.1, -0.05) is 60.7 Å². The van der Waals surface area contributed by atoms with Gasteiger partial charge in [-0.15, -0.1) is 0 Å². The fourth-order valence-corrected chi connectivity index (χ4v) is 3.01. The summed E-state index contributed by atoms with van der Waals surface area (Å²) in [6.07, 6.45) is 2.23. The first-order valence-electron chi connectivity index (χ1n) is 8.65. The van der Waals surface area contributed by atoms with Gasteiger partial charge in [-0.05, 0) is 5.56 Å². The summed E-state index contributed by atoms with van der Waals surface area (Å²) in [6.45, 7) is 1.37. The summed E-state index contributed by atoms with van der Waals surface area (Å²) in [5, 5.41) is 0. The molecule has 1 amide bonds. The molecule has 5 nitrogen and oxygen atoms in total. The lowest BCUT2D eigenvalue weighted by atomic mass is 10.1. The Bertz CT molecular complexity index is 898. The van der Waals surface area contributed by atoms with Crippen molar-refractivity contribution in [3.05, 3.63) is 83.7 Å². The van der Waals surface area contributed by atoms with Crippen molar-refractivity contribution < 1.29 is 9.53 Å². The molecule has 0 radical (unpaired) electrons. The summed E-state index contributed by atoms with van der Waals surface area (Å²) >= 11 is 0. The summed E-state index contributed by atoms with van der Waals surface area (Å²) in [5.74, 6) is 0.726. The molecule has 0 saturated heterocycles. The molecule has 130 valence electrons. The molecule has 0 bridgehead atoms. The molecular weight excluding hydrogens is 326 g/mol. The Kier molecular flexibility index (Phi) is 4.60. The highest BCUT2D eigenvalue weighted by molar-refractivity contribution is 5.68. The molecule has 0 atom stereocenters. The van der Waals surface area contributed by atoms with E-state index in [2.05, 4.69) is 9.97 Å². The molecule has 1 aliphatic rings. The predicted molar refractivity (Wildman–Crippen MR) is 98.2 cm³/mol. The number of hydrogen-bond donors (Lipinski definition) is 0. The molecule has 26 heavy (non-hydrogen) atoms. The number of aromatic nitrogens is 2. The zero-order valence-electron chi connectivity index (χ0n) is 14.3. The molecule has 2 aromatic carbocycles. The van der Waals surface area contributed by atoms with E-state index < -0.39 is 0 Å². The van der Waals surface area contributed by atoms with Crippen LogP contribution in [0.1, 0.15) is 16.8 Å². The van der Waals surface area contributed by atoms with E-state index in [1.165, 1.54) is 0 Å². The summed E-state index contributed by atoms with van der Waals surface area (Å²) in [7, 11) is 0. The molecule has 0 saturated carbocycles. The van der Waals surface area contributed by atoms with Gasteiger partial charge in [-0.2, -0.15) is 0 Å². The zero-order chi connectivity index (χ0) is 17.8. The maximum atomic E-state index is 12.3. The zero-order valence-corrected chi connectivity index (χ0v) is 14.3. The third kappa shape index (κ3) is 3.57. The number of fused-ring (bicyclic) bond motifs is 1. The molecule has 1 aromatic heterocycles. The SMILES string of the molecule is O=C(OCc1ccccc1)N1CCc2nc(-c3ccccc3)ncc2C1. The average molecular weight is 345 g/mol. The second-order valence-electron chi connectivity index (χ2n) is 6.24. The van der Waals surface area contributed by atoms with E-state index in [9.17, 15) is 4.79 Å². The number of carbonyl (C=O) groups is 1. The topological polar surface area (TPSA) is 55.3 Å². The first-order chi connectivity index (χ1) is 12.8. The van der Waals surface area contributed by atoms with Crippen LogP contribution in [0.3, 0.4) is 0 Å². The van der Waals surface area contributed by atoms with Gasteiger partial charge >= 0.3 is 6.09 Å². The minimum absolute atomic E-state index is 0.284. The van der Waals surface area contributed by atoms with Crippen LogP contribution in [-0.2, 0) is 24.3 Å². The highest BCUT2D eigenvalue weighted by Gasteiger charge is 2.23. The van der Waals surface area contributed by atoms with Gasteiger partial charge in [0.2, 0.25) is 0 Å². The maximum Gasteiger partial charge on any atom is 0.410 e. The fourth-order valence-electron chi connectivity index (χ4n) is 3.01. The minimum atomic E-state index is -0.299. The first-order valence-corrected chi connectivity index (χ1v) is 8.65. The van der Waals surface area contributed by atoms with E-state index in [0.717, 1.165) is 28.2 Å². The number of carbonyl (C=O) groups excluding carboxylic acids is 1. The smallest absolute Gasteiger partial charge is 0.410 e. The van der Waals surface area contributed by atoms with Gasteiger partial charge in [0.15, 0.2) is 5.82 Å². The van der Waals surface area contributed by atoms with Crippen molar-refractivity contribution in [2.45, 2.75) is 19.6 Å². The van der Waals surface area contributed by atoms with Gasteiger partial charge < -0.3 is 9.64 Å². The Balaban J connectivity index is 1.42. The molecule has 3 aromatic rings. The van der Waals surface area contributed by atoms with Crippen LogP contribution in [0.2, 0.25) is 0 Å². The molecule has 5 heteroatoms. The van der Waals surface area contributed by atoms with Gasteiger partial charge in [0.05, 0.1) is 12.2 Å². The monoisotopic (exact) mass is 345 g/mol. The van der Waals surface area contributed by atoms with Crippen LogP contribution in [0.15, 0.2) is 66.9 Å². The number of benzene rings is 2. The highest BCUT2D eigenvalue weighted by atomic mass is 16.6. The second-order valence-corrected chi connectivity index (χ2v) is 6.24. The molecule has 2 heterocycles. The van der Waals surface area contributed by atoms with E-state index >= 15 is 0 Å².